The Morgan fingerprint density at radius 3 is 2.48 bits per heavy atom. The first-order chi connectivity index (χ1) is 10.5. The first-order valence-electron chi connectivity index (χ1n) is 7.71. The van der Waals surface area contributed by atoms with E-state index in [-0.39, 0.29) is 18.3 Å². The number of halogens is 1. The lowest BCUT2D eigenvalue weighted by Gasteiger charge is -2.16. The highest BCUT2D eigenvalue weighted by Gasteiger charge is 2.12. The van der Waals surface area contributed by atoms with Crippen molar-refractivity contribution < 1.29 is 4.79 Å². The van der Waals surface area contributed by atoms with E-state index in [2.05, 4.69) is 25.2 Å². The third-order valence-electron chi connectivity index (χ3n) is 3.87. The van der Waals surface area contributed by atoms with Crippen LogP contribution in [0.3, 0.4) is 0 Å². The predicted octanol–water partition coefficient (Wildman–Crippen LogP) is 4.69. The van der Waals surface area contributed by atoms with Gasteiger partial charge in [-0.25, -0.2) is 0 Å². The van der Waals surface area contributed by atoms with Crippen molar-refractivity contribution in [2.24, 2.45) is 0 Å². The van der Waals surface area contributed by atoms with Crippen LogP contribution in [0.15, 0.2) is 42.5 Å². The van der Waals surface area contributed by atoms with Gasteiger partial charge in [0.15, 0.2) is 0 Å². The van der Waals surface area contributed by atoms with Crippen LogP contribution in [0.1, 0.15) is 42.9 Å². The van der Waals surface area contributed by atoms with Gasteiger partial charge in [-0.2, -0.15) is 0 Å². The first-order valence-corrected chi connectivity index (χ1v) is 7.71. The van der Waals surface area contributed by atoms with Gasteiger partial charge in [0.1, 0.15) is 0 Å². The minimum atomic E-state index is 0. The van der Waals surface area contributed by atoms with Gasteiger partial charge < -0.3 is 11.1 Å². The molecule has 23 heavy (non-hydrogen) atoms. The number of carbonyl (C=O) groups excluding carboxylic acids is 1. The number of nitrogens with two attached hydrogens (primary N) is 1. The molecule has 2 rings (SSSR count). The van der Waals surface area contributed by atoms with Crippen LogP contribution < -0.4 is 11.1 Å². The lowest BCUT2D eigenvalue weighted by Crippen LogP contribution is -2.15. The molecule has 0 heterocycles. The number of benzene rings is 2. The topological polar surface area (TPSA) is 55.1 Å². The van der Waals surface area contributed by atoms with Gasteiger partial charge in [0.2, 0.25) is 5.91 Å². The van der Waals surface area contributed by atoms with Gasteiger partial charge in [-0.3, -0.25) is 4.79 Å². The highest BCUT2D eigenvalue weighted by atomic mass is 35.5. The fraction of sp³-hybridized carbons (Fsp3) is 0.316. The van der Waals surface area contributed by atoms with E-state index in [0.29, 0.717) is 18.8 Å². The number of amides is 1. The van der Waals surface area contributed by atoms with E-state index in [1.165, 1.54) is 5.56 Å². The molecular formula is C19H25ClN2O. The number of hydrogen-bond donors (Lipinski definition) is 2. The van der Waals surface area contributed by atoms with Crippen LogP contribution in [0.2, 0.25) is 0 Å². The number of para-hydroxylation sites is 2. The Morgan fingerprint density at radius 2 is 1.83 bits per heavy atom. The second-order valence-electron chi connectivity index (χ2n) is 5.94. The normalized spacial score (nSPS) is 10.3. The number of nitrogens with one attached hydrogen (secondary N) is 1. The van der Waals surface area contributed by atoms with Gasteiger partial charge in [0.05, 0.1) is 0 Å². The van der Waals surface area contributed by atoms with Crippen molar-refractivity contribution in [3.05, 3.63) is 59.2 Å². The monoisotopic (exact) mass is 332 g/mol. The predicted molar refractivity (Wildman–Crippen MR) is 100 cm³/mol. The molecule has 1 amide bonds. The molecule has 3 nitrogen and oxygen atoms in total. The molecule has 0 spiro atoms. The van der Waals surface area contributed by atoms with Crippen LogP contribution in [-0.4, -0.2) is 5.91 Å². The lowest BCUT2D eigenvalue weighted by molar-refractivity contribution is -0.116. The standard InChI is InChI=1S/C19H24N2O.ClH/c1-13(2)16-9-6-7-14(3)19(16)21-18(22)12-11-15-8-4-5-10-17(15)20;/h4-10,13H,11-12,20H2,1-3H3,(H,21,22);1H. The summed E-state index contributed by atoms with van der Waals surface area (Å²) >= 11 is 0. The SMILES string of the molecule is Cc1cccc(C(C)C)c1NC(=O)CCc1ccccc1N.Cl. The second kappa shape index (κ2) is 8.59. The molecule has 0 aliphatic heterocycles. The minimum absolute atomic E-state index is 0. The van der Waals surface area contributed by atoms with Crippen molar-refractivity contribution in [2.45, 2.75) is 39.5 Å². The molecule has 0 aromatic heterocycles. The summed E-state index contributed by atoms with van der Waals surface area (Å²) in [6.07, 6.45) is 1.08. The molecule has 2 aromatic rings. The third kappa shape index (κ3) is 5.00. The first kappa shape index (κ1) is 19.0. The maximum atomic E-state index is 12.3. The Hall–Kier alpha value is -2.00. The summed E-state index contributed by atoms with van der Waals surface area (Å²) in [5, 5.41) is 3.07. The Bertz CT molecular complexity index is 668. The number of anilines is 2. The van der Waals surface area contributed by atoms with E-state index in [1.807, 2.05) is 43.3 Å². The van der Waals surface area contributed by atoms with Crippen LogP contribution in [0.5, 0.6) is 0 Å². The van der Waals surface area contributed by atoms with Crippen LogP contribution in [0, 0.1) is 6.92 Å². The number of nitrogen functional groups attached to an aromatic ring is 1. The van der Waals surface area contributed by atoms with Crippen LogP contribution >= 0.6 is 12.4 Å². The molecule has 0 saturated heterocycles. The molecule has 0 aliphatic carbocycles. The number of carbonyl (C=O) groups is 1. The van der Waals surface area contributed by atoms with E-state index in [4.69, 9.17) is 5.73 Å². The maximum Gasteiger partial charge on any atom is 0.224 e. The van der Waals surface area contributed by atoms with E-state index in [9.17, 15) is 4.79 Å². The van der Waals surface area contributed by atoms with E-state index >= 15 is 0 Å². The summed E-state index contributed by atoms with van der Waals surface area (Å²) in [4.78, 5) is 12.3. The molecule has 0 fully saturated rings. The average Bonchev–Trinajstić information content (AvgIpc) is 2.48. The summed E-state index contributed by atoms with van der Waals surface area (Å²) < 4.78 is 0. The summed E-state index contributed by atoms with van der Waals surface area (Å²) in [5.74, 6) is 0.402. The Labute approximate surface area is 144 Å². The molecule has 124 valence electrons. The van der Waals surface area contributed by atoms with Crippen LogP contribution in [0.25, 0.3) is 0 Å². The van der Waals surface area contributed by atoms with Crippen molar-refractivity contribution in [2.75, 3.05) is 11.1 Å². The highest BCUT2D eigenvalue weighted by molar-refractivity contribution is 5.92. The van der Waals surface area contributed by atoms with Gasteiger partial charge in [-0.1, -0.05) is 50.2 Å². The zero-order valence-corrected chi connectivity index (χ0v) is 14.7. The molecule has 0 saturated carbocycles. The summed E-state index contributed by atoms with van der Waals surface area (Å²) in [6.45, 7) is 6.29. The van der Waals surface area contributed by atoms with Gasteiger partial charge in [-0.05, 0) is 42.0 Å². The minimum Gasteiger partial charge on any atom is -0.399 e. The van der Waals surface area contributed by atoms with Crippen molar-refractivity contribution >= 4 is 29.7 Å². The van der Waals surface area contributed by atoms with Gasteiger partial charge in [0, 0.05) is 17.8 Å². The Kier molecular flexibility index (Phi) is 7.11. The number of aryl methyl sites for hydroxylation is 2. The fourth-order valence-electron chi connectivity index (χ4n) is 2.55. The smallest absolute Gasteiger partial charge is 0.224 e. The molecule has 2 aromatic carbocycles. The van der Waals surface area contributed by atoms with Crippen molar-refractivity contribution in [1.82, 2.24) is 0 Å². The molecule has 3 N–H and O–H groups in total. The second-order valence-corrected chi connectivity index (χ2v) is 5.94. The third-order valence-corrected chi connectivity index (χ3v) is 3.87. The Morgan fingerprint density at radius 1 is 1.13 bits per heavy atom. The molecule has 0 radical (unpaired) electrons. The zero-order valence-electron chi connectivity index (χ0n) is 13.9. The maximum absolute atomic E-state index is 12.3. The fourth-order valence-corrected chi connectivity index (χ4v) is 2.55. The average molecular weight is 333 g/mol. The molecule has 4 heteroatoms. The summed E-state index contributed by atoms with van der Waals surface area (Å²) in [7, 11) is 0. The molecule has 0 unspecified atom stereocenters. The van der Waals surface area contributed by atoms with E-state index < -0.39 is 0 Å². The Balaban J connectivity index is 0.00000264. The van der Waals surface area contributed by atoms with E-state index in [1.54, 1.807) is 0 Å². The van der Waals surface area contributed by atoms with Gasteiger partial charge >= 0.3 is 0 Å². The van der Waals surface area contributed by atoms with Gasteiger partial charge in [-0.15, -0.1) is 12.4 Å². The van der Waals surface area contributed by atoms with Crippen molar-refractivity contribution in [3.63, 3.8) is 0 Å². The highest BCUT2D eigenvalue weighted by Crippen LogP contribution is 2.27. The lowest BCUT2D eigenvalue weighted by atomic mass is 9.98. The largest absolute Gasteiger partial charge is 0.399 e. The van der Waals surface area contributed by atoms with Crippen LogP contribution in [0.4, 0.5) is 11.4 Å². The van der Waals surface area contributed by atoms with E-state index in [0.717, 1.165) is 22.5 Å². The number of hydrogen-bond acceptors (Lipinski definition) is 2. The quantitative estimate of drug-likeness (QED) is 0.780. The zero-order chi connectivity index (χ0) is 16.1. The summed E-state index contributed by atoms with van der Waals surface area (Å²) in [6, 6.07) is 13.8. The van der Waals surface area contributed by atoms with Crippen LogP contribution in [-0.2, 0) is 11.2 Å². The van der Waals surface area contributed by atoms with Crippen molar-refractivity contribution in [3.8, 4) is 0 Å². The number of rotatable bonds is 5. The molecule has 0 bridgehead atoms. The molecule has 0 atom stereocenters. The summed E-state index contributed by atoms with van der Waals surface area (Å²) in [5.41, 5.74) is 10.9. The molecular weight excluding hydrogens is 308 g/mol. The van der Waals surface area contributed by atoms with Crippen molar-refractivity contribution in [1.29, 1.82) is 0 Å². The van der Waals surface area contributed by atoms with Gasteiger partial charge in [0.25, 0.3) is 0 Å². The molecule has 0 aliphatic rings.